The van der Waals surface area contributed by atoms with Crippen LogP contribution < -0.4 is 5.32 Å². The number of nitrogens with one attached hydrogen (secondary N) is 1. The van der Waals surface area contributed by atoms with Gasteiger partial charge in [-0.15, -0.1) is 0 Å². The van der Waals surface area contributed by atoms with Gasteiger partial charge in [-0.25, -0.2) is 0 Å². The van der Waals surface area contributed by atoms with E-state index in [9.17, 15) is 0 Å². The number of hydrogen-bond acceptors (Lipinski definition) is 3. The first-order chi connectivity index (χ1) is 8.90. The molecule has 0 radical (unpaired) electrons. The Hall–Kier alpha value is -1.06. The van der Waals surface area contributed by atoms with Gasteiger partial charge in [-0.3, -0.25) is 0 Å². The maximum absolute atomic E-state index is 5.61. The van der Waals surface area contributed by atoms with Gasteiger partial charge in [0.1, 0.15) is 0 Å². The molecule has 1 aliphatic rings. The fourth-order valence-electron chi connectivity index (χ4n) is 2.35. The summed E-state index contributed by atoms with van der Waals surface area (Å²) in [6, 6.07) is 9.14. The van der Waals surface area contributed by atoms with Crippen LogP contribution >= 0.6 is 0 Å². The minimum atomic E-state index is 0.558. The van der Waals surface area contributed by atoms with Gasteiger partial charge in [-0.05, 0) is 37.3 Å². The van der Waals surface area contributed by atoms with E-state index in [2.05, 4.69) is 29.6 Å². The van der Waals surface area contributed by atoms with Gasteiger partial charge in [-0.1, -0.05) is 18.2 Å². The van der Waals surface area contributed by atoms with Crippen molar-refractivity contribution in [1.82, 2.24) is 0 Å². The zero-order valence-electron chi connectivity index (χ0n) is 11.2. The van der Waals surface area contributed by atoms with Crippen LogP contribution in [-0.4, -0.2) is 33.0 Å². The topological polar surface area (TPSA) is 30.5 Å². The highest BCUT2D eigenvalue weighted by atomic mass is 16.5. The molecule has 3 heteroatoms. The molecule has 18 heavy (non-hydrogen) atoms. The summed E-state index contributed by atoms with van der Waals surface area (Å²) in [5, 5.41) is 3.59. The number of ether oxygens (including phenoxy) is 2. The zero-order chi connectivity index (χ0) is 12.6. The Kier molecular flexibility index (Phi) is 5.49. The summed E-state index contributed by atoms with van der Waals surface area (Å²) in [5.74, 6) is 0. The summed E-state index contributed by atoms with van der Waals surface area (Å²) in [6.07, 6.45) is 4.45. The van der Waals surface area contributed by atoms with Crippen molar-refractivity contribution in [2.75, 3.05) is 32.2 Å². The van der Waals surface area contributed by atoms with Crippen molar-refractivity contribution in [2.45, 2.75) is 31.7 Å². The van der Waals surface area contributed by atoms with Crippen molar-refractivity contribution in [3.05, 3.63) is 29.8 Å². The second-order valence-electron chi connectivity index (χ2n) is 4.78. The lowest BCUT2D eigenvalue weighted by molar-refractivity contribution is 0.0987. The van der Waals surface area contributed by atoms with E-state index in [1.165, 1.54) is 24.1 Å². The lowest BCUT2D eigenvalue weighted by Gasteiger charge is -2.27. The number of anilines is 1. The molecule has 0 aliphatic carbocycles. The molecule has 0 amide bonds. The lowest BCUT2D eigenvalue weighted by Crippen LogP contribution is -2.26. The molecule has 3 nitrogen and oxygen atoms in total. The number of aryl methyl sites for hydroxylation is 1. The average molecular weight is 249 g/mol. The molecule has 1 N–H and O–H groups in total. The van der Waals surface area contributed by atoms with E-state index in [1.807, 2.05) is 0 Å². The first-order valence-electron chi connectivity index (χ1n) is 6.81. The highest BCUT2D eigenvalue weighted by Crippen LogP contribution is 2.25. The van der Waals surface area contributed by atoms with Gasteiger partial charge in [-0.2, -0.15) is 0 Å². The summed E-state index contributed by atoms with van der Waals surface area (Å²) >= 11 is 0. The molecular weight excluding hydrogens is 226 g/mol. The predicted molar refractivity (Wildman–Crippen MR) is 74.1 cm³/mol. The summed E-state index contributed by atoms with van der Waals surface area (Å²) in [6.45, 7) is 2.43. The van der Waals surface area contributed by atoms with Crippen LogP contribution in [0.4, 0.5) is 5.69 Å². The predicted octanol–water partition coefficient (Wildman–Crippen LogP) is 2.86. The molecular formula is C15H23NO2. The zero-order valence-corrected chi connectivity index (χ0v) is 11.2. The van der Waals surface area contributed by atoms with Gasteiger partial charge in [0.25, 0.3) is 0 Å². The SMILES string of the molecule is COCCCOCCC1CCc2ccccc2N1. The minimum absolute atomic E-state index is 0.558. The first kappa shape index (κ1) is 13.4. The molecule has 0 aromatic heterocycles. The maximum atomic E-state index is 5.61. The van der Waals surface area contributed by atoms with Crippen LogP contribution in [-0.2, 0) is 15.9 Å². The van der Waals surface area contributed by atoms with Gasteiger partial charge in [0, 0.05) is 38.7 Å². The first-order valence-corrected chi connectivity index (χ1v) is 6.81. The van der Waals surface area contributed by atoms with E-state index >= 15 is 0 Å². The minimum Gasteiger partial charge on any atom is -0.385 e. The van der Waals surface area contributed by atoms with Crippen molar-refractivity contribution in [1.29, 1.82) is 0 Å². The molecule has 1 atom stereocenters. The molecule has 1 heterocycles. The van der Waals surface area contributed by atoms with Crippen molar-refractivity contribution >= 4 is 5.69 Å². The van der Waals surface area contributed by atoms with Crippen LogP contribution in [0.15, 0.2) is 24.3 Å². The van der Waals surface area contributed by atoms with E-state index in [-0.39, 0.29) is 0 Å². The van der Waals surface area contributed by atoms with Crippen LogP contribution in [0.2, 0.25) is 0 Å². The Morgan fingerprint density at radius 3 is 3.00 bits per heavy atom. The number of rotatable bonds is 7. The molecule has 1 aromatic carbocycles. The summed E-state index contributed by atoms with van der Waals surface area (Å²) in [5.41, 5.74) is 2.74. The summed E-state index contributed by atoms with van der Waals surface area (Å²) in [4.78, 5) is 0. The second-order valence-corrected chi connectivity index (χ2v) is 4.78. The molecule has 0 bridgehead atoms. The quantitative estimate of drug-likeness (QED) is 0.754. The van der Waals surface area contributed by atoms with Crippen LogP contribution in [0, 0.1) is 0 Å². The molecule has 0 saturated heterocycles. The third kappa shape index (κ3) is 4.00. The van der Waals surface area contributed by atoms with Gasteiger partial charge < -0.3 is 14.8 Å². The van der Waals surface area contributed by atoms with Crippen LogP contribution in [0.25, 0.3) is 0 Å². The normalized spacial score (nSPS) is 18.2. The van der Waals surface area contributed by atoms with Gasteiger partial charge in [0.15, 0.2) is 0 Å². The molecule has 100 valence electrons. The van der Waals surface area contributed by atoms with Crippen LogP contribution in [0.1, 0.15) is 24.8 Å². The van der Waals surface area contributed by atoms with Crippen molar-refractivity contribution in [3.8, 4) is 0 Å². The van der Waals surface area contributed by atoms with Gasteiger partial charge in [0.05, 0.1) is 0 Å². The number of fused-ring (bicyclic) bond motifs is 1. The Labute approximate surface area is 109 Å². The Balaban J connectivity index is 1.64. The largest absolute Gasteiger partial charge is 0.385 e. The molecule has 0 spiro atoms. The molecule has 0 fully saturated rings. The second kappa shape index (κ2) is 7.39. The third-order valence-corrected chi connectivity index (χ3v) is 3.39. The number of benzene rings is 1. The van der Waals surface area contributed by atoms with E-state index < -0.39 is 0 Å². The van der Waals surface area contributed by atoms with E-state index in [0.29, 0.717) is 6.04 Å². The van der Waals surface area contributed by atoms with Gasteiger partial charge in [0.2, 0.25) is 0 Å². The van der Waals surface area contributed by atoms with Crippen molar-refractivity contribution < 1.29 is 9.47 Å². The standard InChI is InChI=1S/C15H23NO2/c1-17-10-4-11-18-12-9-14-8-7-13-5-2-3-6-15(13)16-14/h2-3,5-6,14,16H,4,7-12H2,1H3. The molecule has 1 aromatic rings. The van der Waals surface area contributed by atoms with E-state index in [4.69, 9.17) is 9.47 Å². The van der Waals surface area contributed by atoms with Crippen molar-refractivity contribution in [3.63, 3.8) is 0 Å². The Bertz CT molecular complexity index is 354. The molecule has 2 rings (SSSR count). The number of methoxy groups -OCH3 is 1. The van der Waals surface area contributed by atoms with E-state index in [0.717, 1.165) is 32.7 Å². The summed E-state index contributed by atoms with van der Waals surface area (Å²) < 4.78 is 10.6. The van der Waals surface area contributed by atoms with Crippen molar-refractivity contribution in [2.24, 2.45) is 0 Å². The fourth-order valence-corrected chi connectivity index (χ4v) is 2.35. The highest BCUT2D eigenvalue weighted by molar-refractivity contribution is 5.53. The lowest BCUT2D eigenvalue weighted by atomic mass is 9.96. The Morgan fingerprint density at radius 2 is 2.11 bits per heavy atom. The maximum Gasteiger partial charge on any atom is 0.0488 e. The number of para-hydroxylation sites is 1. The third-order valence-electron chi connectivity index (χ3n) is 3.39. The molecule has 1 aliphatic heterocycles. The molecule has 1 unspecified atom stereocenters. The average Bonchev–Trinajstić information content (AvgIpc) is 2.42. The summed E-state index contributed by atoms with van der Waals surface area (Å²) in [7, 11) is 1.73. The number of hydrogen-bond donors (Lipinski definition) is 1. The Morgan fingerprint density at radius 1 is 1.22 bits per heavy atom. The van der Waals surface area contributed by atoms with Crippen LogP contribution in [0.5, 0.6) is 0 Å². The van der Waals surface area contributed by atoms with E-state index in [1.54, 1.807) is 7.11 Å². The molecule has 0 saturated carbocycles. The smallest absolute Gasteiger partial charge is 0.0488 e. The highest BCUT2D eigenvalue weighted by Gasteiger charge is 2.16. The van der Waals surface area contributed by atoms with Gasteiger partial charge >= 0.3 is 0 Å². The monoisotopic (exact) mass is 249 g/mol. The fraction of sp³-hybridized carbons (Fsp3) is 0.600. The van der Waals surface area contributed by atoms with Crippen LogP contribution in [0.3, 0.4) is 0 Å².